The third-order valence-electron chi connectivity index (χ3n) is 6.69. The highest BCUT2D eigenvalue weighted by molar-refractivity contribution is 6.20. The topological polar surface area (TPSA) is 82.0 Å². The zero-order valence-electron chi connectivity index (χ0n) is 19.7. The molecule has 3 atom stereocenters. The quantitative estimate of drug-likeness (QED) is 0.586. The highest BCUT2D eigenvalue weighted by Crippen LogP contribution is 2.37. The van der Waals surface area contributed by atoms with Crippen molar-refractivity contribution in [3.8, 4) is 0 Å². The van der Waals surface area contributed by atoms with Crippen LogP contribution in [0.4, 0.5) is 10.1 Å². The summed E-state index contributed by atoms with van der Waals surface area (Å²) in [5.41, 5.74) is 1.76. The fourth-order valence-electron chi connectivity index (χ4n) is 4.49. The second-order valence-electron chi connectivity index (χ2n) is 9.28. The number of nitrogens with zero attached hydrogens (tertiary/aromatic N) is 2. The second-order valence-corrected chi connectivity index (χ2v) is 9.28. The molecular weight excluding hydrogens is 433 g/mol. The Hall–Kier alpha value is -3.06. The van der Waals surface area contributed by atoms with Crippen molar-refractivity contribution >= 4 is 23.2 Å². The van der Waals surface area contributed by atoms with Crippen LogP contribution in [0.1, 0.15) is 56.6 Å². The number of nitrogens with one attached hydrogen (secondary N) is 1. The molecule has 1 saturated carbocycles. The summed E-state index contributed by atoms with van der Waals surface area (Å²) in [4.78, 5) is 32.7. The van der Waals surface area contributed by atoms with Crippen LogP contribution in [-0.2, 0) is 9.59 Å². The SMILES string of the molecule is CCCC[C@H](O)[C@@H](CC1CC1)C(=O)N[C@H]1N=C(c2ccccc2F)c2ccccc2N(C)C1=O. The van der Waals surface area contributed by atoms with Gasteiger partial charge in [-0.2, -0.15) is 0 Å². The number of hydrogen-bond acceptors (Lipinski definition) is 4. The summed E-state index contributed by atoms with van der Waals surface area (Å²) < 4.78 is 14.8. The van der Waals surface area contributed by atoms with E-state index in [4.69, 9.17) is 0 Å². The molecule has 1 aliphatic carbocycles. The number of fused-ring (bicyclic) bond motifs is 1. The molecule has 180 valence electrons. The zero-order chi connectivity index (χ0) is 24.2. The van der Waals surface area contributed by atoms with E-state index in [1.54, 1.807) is 43.4 Å². The number of hydrogen-bond donors (Lipinski definition) is 2. The van der Waals surface area contributed by atoms with E-state index in [1.807, 2.05) is 13.0 Å². The minimum absolute atomic E-state index is 0.259. The number of benzene rings is 2. The molecule has 4 rings (SSSR count). The number of halogens is 1. The Kier molecular flexibility index (Phi) is 7.41. The van der Waals surface area contributed by atoms with Gasteiger partial charge >= 0.3 is 0 Å². The maximum atomic E-state index is 14.8. The Bertz CT molecular complexity index is 1080. The average Bonchev–Trinajstić information content (AvgIpc) is 3.68. The molecule has 2 aromatic carbocycles. The van der Waals surface area contributed by atoms with Crippen molar-refractivity contribution in [1.82, 2.24) is 5.32 Å². The lowest BCUT2D eigenvalue weighted by atomic mass is 9.91. The van der Waals surface area contributed by atoms with Crippen molar-refractivity contribution in [3.05, 3.63) is 65.5 Å². The minimum atomic E-state index is -1.22. The van der Waals surface area contributed by atoms with Gasteiger partial charge in [-0.1, -0.05) is 62.9 Å². The van der Waals surface area contributed by atoms with Gasteiger partial charge in [0.2, 0.25) is 12.1 Å². The third-order valence-corrected chi connectivity index (χ3v) is 6.69. The van der Waals surface area contributed by atoms with Crippen LogP contribution in [0.3, 0.4) is 0 Å². The van der Waals surface area contributed by atoms with Crippen LogP contribution in [0.25, 0.3) is 0 Å². The Labute approximate surface area is 199 Å². The first-order chi connectivity index (χ1) is 16.4. The highest BCUT2D eigenvalue weighted by Gasteiger charge is 2.37. The summed E-state index contributed by atoms with van der Waals surface area (Å²) in [5, 5.41) is 13.5. The summed E-state index contributed by atoms with van der Waals surface area (Å²) in [6.07, 6.45) is 3.00. The molecule has 0 saturated heterocycles. The number of unbranched alkanes of at least 4 members (excludes halogenated alkanes) is 1. The first-order valence-corrected chi connectivity index (χ1v) is 12.1. The molecule has 1 fully saturated rings. The Morgan fingerprint density at radius 3 is 2.53 bits per heavy atom. The Balaban J connectivity index is 1.68. The minimum Gasteiger partial charge on any atom is -0.392 e. The zero-order valence-corrected chi connectivity index (χ0v) is 19.7. The van der Waals surface area contributed by atoms with Gasteiger partial charge in [0.05, 0.1) is 23.4 Å². The molecule has 2 aliphatic rings. The van der Waals surface area contributed by atoms with E-state index < -0.39 is 29.9 Å². The van der Waals surface area contributed by atoms with E-state index in [-0.39, 0.29) is 11.5 Å². The largest absolute Gasteiger partial charge is 0.392 e. The molecule has 0 unspecified atom stereocenters. The molecule has 1 aliphatic heterocycles. The Morgan fingerprint density at radius 2 is 1.85 bits per heavy atom. The van der Waals surface area contributed by atoms with Gasteiger partial charge in [0.15, 0.2) is 0 Å². The van der Waals surface area contributed by atoms with Crippen molar-refractivity contribution in [3.63, 3.8) is 0 Å². The van der Waals surface area contributed by atoms with Crippen molar-refractivity contribution in [2.24, 2.45) is 16.8 Å². The molecule has 0 radical (unpaired) electrons. The van der Waals surface area contributed by atoms with Gasteiger partial charge in [-0.15, -0.1) is 0 Å². The lowest BCUT2D eigenvalue weighted by molar-refractivity contribution is -0.133. The molecule has 1 heterocycles. The van der Waals surface area contributed by atoms with Gasteiger partial charge in [0, 0.05) is 18.2 Å². The standard InChI is InChI=1S/C27H32FN3O3/c1-3-4-13-23(32)20(16-17-14-15-17)26(33)30-25-27(34)31(2)22-12-8-6-10-19(22)24(29-25)18-9-5-7-11-21(18)28/h5-12,17,20,23,25,32H,3-4,13-16H2,1-2H3,(H,30,33)/t20-,23+,25-/m1/s1. The van der Waals surface area contributed by atoms with E-state index in [1.165, 1.54) is 11.0 Å². The van der Waals surface area contributed by atoms with Gasteiger partial charge in [0.25, 0.3) is 5.91 Å². The molecule has 6 nitrogen and oxygen atoms in total. The fourth-order valence-corrected chi connectivity index (χ4v) is 4.49. The van der Waals surface area contributed by atoms with Crippen LogP contribution >= 0.6 is 0 Å². The van der Waals surface area contributed by atoms with Gasteiger partial charge in [-0.05, 0) is 37.0 Å². The van der Waals surface area contributed by atoms with Crippen LogP contribution in [0, 0.1) is 17.7 Å². The number of carbonyl (C=O) groups is 2. The lowest BCUT2D eigenvalue weighted by Gasteiger charge is -2.25. The number of benzodiazepines with no additional fused rings is 1. The van der Waals surface area contributed by atoms with E-state index in [9.17, 15) is 19.1 Å². The first kappa shape index (κ1) is 24.1. The number of para-hydroxylation sites is 1. The summed E-state index contributed by atoms with van der Waals surface area (Å²) in [7, 11) is 1.62. The van der Waals surface area contributed by atoms with Crippen molar-refractivity contribution in [2.75, 3.05) is 11.9 Å². The number of carbonyl (C=O) groups excluding carboxylic acids is 2. The maximum Gasteiger partial charge on any atom is 0.272 e. The van der Waals surface area contributed by atoms with Crippen LogP contribution in [-0.4, -0.2) is 41.9 Å². The summed E-state index contributed by atoms with van der Waals surface area (Å²) in [6.45, 7) is 2.04. The molecule has 34 heavy (non-hydrogen) atoms. The number of amides is 2. The van der Waals surface area contributed by atoms with Crippen molar-refractivity contribution < 1.29 is 19.1 Å². The summed E-state index contributed by atoms with van der Waals surface area (Å²) in [5.74, 6) is -1.43. The summed E-state index contributed by atoms with van der Waals surface area (Å²) in [6, 6.07) is 13.4. The Morgan fingerprint density at radius 1 is 1.18 bits per heavy atom. The van der Waals surface area contributed by atoms with E-state index in [2.05, 4.69) is 10.3 Å². The predicted molar refractivity (Wildman–Crippen MR) is 130 cm³/mol. The average molecular weight is 466 g/mol. The van der Waals surface area contributed by atoms with E-state index in [0.717, 1.165) is 25.7 Å². The van der Waals surface area contributed by atoms with Gasteiger partial charge < -0.3 is 15.3 Å². The summed E-state index contributed by atoms with van der Waals surface area (Å²) >= 11 is 0. The molecule has 0 aromatic heterocycles. The molecule has 2 amide bonds. The molecule has 7 heteroatoms. The number of anilines is 1. The predicted octanol–water partition coefficient (Wildman–Crippen LogP) is 4.05. The lowest BCUT2D eigenvalue weighted by Crippen LogP contribution is -2.49. The van der Waals surface area contributed by atoms with Crippen LogP contribution in [0.2, 0.25) is 0 Å². The number of aliphatic hydroxyl groups excluding tert-OH is 1. The van der Waals surface area contributed by atoms with E-state index >= 15 is 0 Å². The third kappa shape index (κ3) is 5.20. The molecule has 0 spiro atoms. The smallest absolute Gasteiger partial charge is 0.272 e. The van der Waals surface area contributed by atoms with Crippen molar-refractivity contribution in [1.29, 1.82) is 0 Å². The van der Waals surface area contributed by atoms with Gasteiger partial charge in [-0.3, -0.25) is 9.59 Å². The van der Waals surface area contributed by atoms with Crippen LogP contribution < -0.4 is 10.2 Å². The van der Waals surface area contributed by atoms with E-state index in [0.29, 0.717) is 35.7 Å². The van der Waals surface area contributed by atoms with Crippen LogP contribution in [0.5, 0.6) is 0 Å². The number of aliphatic imine (C=N–C) groups is 1. The monoisotopic (exact) mass is 465 g/mol. The number of rotatable bonds is 9. The fraction of sp³-hybridized carbons (Fsp3) is 0.444. The second kappa shape index (κ2) is 10.5. The van der Waals surface area contributed by atoms with Crippen molar-refractivity contribution in [2.45, 2.75) is 57.7 Å². The number of likely N-dealkylation sites (N-methyl/N-ethyl adjacent to an activating group) is 1. The van der Waals surface area contributed by atoms with Crippen LogP contribution in [0.15, 0.2) is 53.5 Å². The molecule has 2 N–H and O–H groups in total. The van der Waals surface area contributed by atoms with Gasteiger partial charge in [0.1, 0.15) is 5.82 Å². The molecule has 2 aromatic rings. The number of aliphatic hydroxyl groups is 1. The maximum absolute atomic E-state index is 14.8. The first-order valence-electron chi connectivity index (χ1n) is 12.1. The normalized spacial score (nSPS) is 19.6. The molecule has 0 bridgehead atoms. The molecular formula is C27H32FN3O3. The van der Waals surface area contributed by atoms with Gasteiger partial charge in [-0.25, -0.2) is 9.38 Å². The highest BCUT2D eigenvalue weighted by atomic mass is 19.1.